The zero-order chi connectivity index (χ0) is 21.3. The Hall–Kier alpha value is -3.19. The zero-order valence-corrected chi connectivity index (χ0v) is 17.3. The molecule has 2 aromatic rings. The highest BCUT2D eigenvalue weighted by Gasteiger charge is 2.23. The van der Waals surface area contributed by atoms with Crippen LogP contribution in [-0.4, -0.2) is 66.8 Å². The Morgan fingerprint density at radius 1 is 0.867 bits per heavy atom. The van der Waals surface area contributed by atoms with Crippen molar-refractivity contribution in [3.63, 3.8) is 0 Å². The molecule has 1 fully saturated rings. The lowest BCUT2D eigenvalue weighted by atomic mass is 10.1. The third-order valence-corrected chi connectivity index (χ3v) is 5.17. The number of carbonyl (C=O) groups is 3. The zero-order valence-electron chi connectivity index (χ0n) is 17.3. The molecule has 0 atom stereocenters. The Morgan fingerprint density at radius 3 is 2.23 bits per heavy atom. The fourth-order valence-corrected chi connectivity index (χ4v) is 3.46. The standard InChI is InChI=1S/C23H28N4O3/c1-2-18-8-6-7-11-20(18)25-21(28)16-24-22(29)17-26-12-14-27(15-13-26)23(30)19-9-4-3-5-10-19/h3-11H,2,12-17H2,1H3,(H,24,29)(H,25,28). The predicted octanol–water partition coefficient (Wildman–Crippen LogP) is 1.76. The Morgan fingerprint density at radius 2 is 1.53 bits per heavy atom. The lowest BCUT2D eigenvalue weighted by Gasteiger charge is -2.34. The molecule has 30 heavy (non-hydrogen) atoms. The van der Waals surface area contributed by atoms with Crippen LogP contribution in [0.1, 0.15) is 22.8 Å². The molecule has 158 valence electrons. The van der Waals surface area contributed by atoms with Gasteiger partial charge in [0, 0.05) is 37.4 Å². The highest BCUT2D eigenvalue weighted by Crippen LogP contribution is 2.15. The van der Waals surface area contributed by atoms with Crippen molar-refractivity contribution in [2.45, 2.75) is 13.3 Å². The maximum Gasteiger partial charge on any atom is 0.253 e. The molecule has 1 aliphatic rings. The Labute approximate surface area is 177 Å². The van der Waals surface area contributed by atoms with E-state index in [1.165, 1.54) is 0 Å². The molecule has 1 heterocycles. The van der Waals surface area contributed by atoms with E-state index in [1.54, 1.807) is 0 Å². The molecule has 7 heteroatoms. The van der Waals surface area contributed by atoms with Crippen LogP contribution in [0.5, 0.6) is 0 Å². The fourth-order valence-electron chi connectivity index (χ4n) is 3.46. The summed E-state index contributed by atoms with van der Waals surface area (Å²) in [5.41, 5.74) is 2.51. The Kier molecular flexibility index (Phi) is 7.57. The van der Waals surface area contributed by atoms with Crippen molar-refractivity contribution in [3.8, 4) is 0 Å². The summed E-state index contributed by atoms with van der Waals surface area (Å²) in [7, 11) is 0. The summed E-state index contributed by atoms with van der Waals surface area (Å²) in [5.74, 6) is -0.428. The van der Waals surface area contributed by atoms with Crippen LogP contribution in [0, 0.1) is 0 Å². The van der Waals surface area contributed by atoms with Crippen molar-refractivity contribution in [1.82, 2.24) is 15.1 Å². The van der Waals surface area contributed by atoms with E-state index in [4.69, 9.17) is 0 Å². The first-order valence-electron chi connectivity index (χ1n) is 10.3. The number of amides is 3. The van der Waals surface area contributed by atoms with Gasteiger partial charge in [0.05, 0.1) is 13.1 Å². The summed E-state index contributed by atoms with van der Waals surface area (Å²) < 4.78 is 0. The summed E-state index contributed by atoms with van der Waals surface area (Å²) >= 11 is 0. The second-order valence-electron chi connectivity index (χ2n) is 7.27. The number of aryl methyl sites for hydroxylation is 1. The predicted molar refractivity (Wildman–Crippen MR) is 116 cm³/mol. The van der Waals surface area contributed by atoms with Crippen molar-refractivity contribution >= 4 is 23.4 Å². The van der Waals surface area contributed by atoms with Gasteiger partial charge in [-0.1, -0.05) is 43.3 Å². The summed E-state index contributed by atoms with van der Waals surface area (Å²) in [6.45, 7) is 4.59. The fraction of sp³-hybridized carbons (Fsp3) is 0.348. The Balaban J connectivity index is 1.38. The topological polar surface area (TPSA) is 81.8 Å². The van der Waals surface area contributed by atoms with Gasteiger partial charge in [-0.3, -0.25) is 19.3 Å². The third kappa shape index (κ3) is 5.90. The third-order valence-electron chi connectivity index (χ3n) is 5.17. The number of nitrogens with one attached hydrogen (secondary N) is 2. The van der Waals surface area contributed by atoms with Gasteiger partial charge < -0.3 is 15.5 Å². The molecule has 1 aliphatic heterocycles. The summed E-state index contributed by atoms with van der Waals surface area (Å²) in [6.07, 6.45) is 0.821. The van der Waals surface area contributed by atoms with Gasteiger partial charge in [0.1, 0.15) is 0 Å². The van der Waals surface area contributed by atoms with Gasteiger partial charge in [-0.05, 0) is 30.2 Å². The summed E-state index contributed by atoms with van der Waals surface area (Å²) in [5, 5.41) is 5.52. The number of benzene rings is 2. The molecule has 1 saturated heterocycles. The van der Waals surface area contributed by atoms with Crippen LogP contribution in [0.2, 0.25) is 0 Å². The average molecular weight is 409 g/mol. The summed E-state index contributed by atoms with van der Waals surface area (Å²) in [6, 6.07) is 16.8. The molecule has 0 spiro atoms. The van der Waals surface area contributed by atoms with Crippen LogP contribution in [0.3, 0.4) is 0 Å². The van der Waals surface area contributed by atoms with Crippen LogP contribution in [-0.2, 0) is 16.0 Å². The van der Waals surface area contributed by atoms with Gasteiger partial charge in [-0.2, -0.15) is 0 Å². The first kappa shape index (κ1) is 21.5. The molecule has 7 nitrogen and oxygen atoms in total. The number of hydrogen-bond donors (Lipinski definition) is 2. The smallest absolute Gasteiger partial charge is 0.253 e. The molecule has 0 aliphatic carbocycles. The van der Waals surface area contributed by atoms with E-state index in [0.29, 0.717) is 31.7 Å². The number of para-hydroxylation sites is 1. The van der Waals surface area contributed by atoms with Gasteiger partial charge in [-0.25, -0.2) is 0 Å². The minimum Gasteiger partial charge on any atom is -0.346 e. The quantitative estimate of drug-likeness (QED) is 0.732. The number of anilines is 1. The second kappa shape index (κ2) is 10.5. The van der Waals surface area contributed by atoms with Crippen molar-refractivity contribution in [3.05, 3.63) is 65.7 Å². The van der Waals surface area contributed by atoms with Crippen LogP contribution < -0.4 is 10.6 Å². The molecule has 0 unspecified atom stereocenters. The van der Waals surface area contributed by atoms with Gasteiger partial charge in [0.25, 0.3) is 5.91 Å². The lowest BCUT2D eigenvalue weighted by molar-refractivity contribution is -0.125. The van der Waals surface area contributed by atoms with Crippen molar-refractivity contribution in [1.29, 1.82) is 0 Å². The molecule has 2 aromatic carbocycles. The van der Waals surface area contributed by atoms with Crippen LogP contribution in [0.4, 0.5) is 5.69 Å². The average Bonchev–Trinajstić information content (AvgIpc) is 2.79. The van der Waals surface area contributed by atoms with E-state index < -0.39 is 0 Å². The van der Waals surface area contributed by atoms with E-state index in [-0.39, 0.29) is 30.8 Å². The monoisotopic (exact) mass is 408 g/mol. The van der Waals surface area contributed by atoms with E-state index >= 15 is 0 Å². The number of nitrogens with zero attached hydrogens (tertiary/aromatic N) is 2. The van der Waals surface area contributed by atoms with Crippen LogP contribution in [0.15, 0.2) is 54.6 Å². The molecule has 0 aromatic heterocycles. The molecule has 2 N–H and O–H groups in total. The maximum atomic E-state index is 12.5. The van der Waals surface area contributed by atoms with Gasteiger partial charge in [-0.15, -0.1) is 0 Å². The van der Waals surface area contributed by atoms with Gasteiger partial charge >= 0.3 is 0 Å². The molecular formula is C23H28N4O3. The van der Waals surface area contributed by atoms with Crippen molar-refractivity contribution in [2.75, 3.05) is 44.6 Å². The minimum atomic E-state index is -0.248. The molecule has 0 bridgehead atoms. The van der Waals surface area contributed by atoms with Crippen LogP contribution >= 0.6 is 0 Å². The molecular weight excluding hydrogens is 380 g/mol. The van der Waals surface area contributed by atoms with E-state index in [2.05, 4.69) is 10.6 Å². The highest BCUT2D eigenvalue weighted by molar-refractivity contribution is 5.95. The molecule has 3 rings (SSSR count). The molecule has 0 radical (unpaired) electrons. The number of hydrogen-bond acceptors (Lipinski definition) is 4. The molecule has 3 amide bonds. The number of carbonyl (C=O) groups excluding carboxylic acids is 3. The van der Waals surface area contributed by atoms with Gasteiger partial charge in [0.15, 0.2) is 0 Å². The van der Waals surface area contributed by atoms with E-state index in [1.807, 2.05) is 71.3 Å². The second-order valence-corrected chi connectivity index (χ2v) is 7.27. The van der Waals surface area contributed by atoms with E-state index in [0.717, 1.165) is 17.7 Å². The first-order chi connectivity index (χ1) is 14.6. The summed E-state index contributed by atoms with van der Waals surface area (Å²) in [4.78, 5) is 40.6. The van der Waals surface area contributed by atoms with E-state index in [9.17, 15) is 14.4 Å². The minimum absolute atomic E-state index is 0.0173. The number of piperazine rings is 1. The number of rotatable bonds is 7. The largest absolute Gasteiger partial charge is 0.346 e. The molecule has 0 saturated carbocycles. The van der Waals surface area contributed by atoms with Crippen LogP contribution in [0.25, 0.3) is 0 Å². The maximum absolute atomic E-state index is 12.5. The SMILES string of the molecule is CCc1ccccc1NC(=O)CNC(=O)CN1CCN(C(=O)c2ccccc2)CC1. The van der Waals surface area contributed by atoms with Crippen molar-refractivity contribution < 1.29 is 14.4 Å². The Bertz CT molecular complexity index is 877. The normalized spacial score (nSPS) is 14.2. The van der Waals surface area contributed by atoms with Gasteiger partial charge in [0.2, 0.25) is 11.8 Å². The highest BCUT2D eigenvalue weighted by atomic mass is 16.2. The van der Waals surface area contributed by atoms with Crippen molar-refractivity contribution in [2.24, 2.45) is 0 Å². The first-order valence-corrected chi connectivity index (χ1v) is 10.3. The lowest BCUT2D eigenvalue weighted by Crippen LogP contribution is -2.51.